The summed E-state index contributed by atoms with van der Waals surface area (Å²) in [6.07, 6.45) is 2.30. The van der Waals surface area contributed by atoms with Crippen LogP contribution in [-0.2, 0) is 11.8 Å². The predicted molar refractivity (Wildman–Crippen MR) is 47.1 cm³/mol. The van der Waals surface area contributed by atoms with E-state index >= 15 is 0 Å². The number of aliphatic hydroxyl groups excluding tert-OH is 1. The molecule has 1 aliphatic heterocycles. The summed E-state index contributed by atoms with van der Waals surface area (Å²) in [5.41, 5.74) is 0.748. The van der Waals surface area contributed by atoms with Gasteiger partial charge in [-0.2, -0.15) is 5.10 Å². The summed E-state index contributed by atoms with van der Waals surface area (Å²) in [6, 6.07) is 1.85. The van der Waals surface area contributed by atoms with Crippen molar-refractivity contribution in [3.05, 3.63) is 18.0 Å². The maximum absolute atomic E-state index is 9.88. The summed E-state index contributed by atoms with van der Waals surface area (Å²) >= 11 is 0. The molecule has 0 saturated carbocycles. The lowest BCUT2D eigenvalue weighted by Gasteiger charge is -2.13. The number of aromatic nitrogens is 2. The molecule has 13 heavy (non-hydrogen) atoms. The fourth-order valence-electron chi connectivity index (χ4n) is 1.63. The van der Waals surface area contributed by atoms with Gasteiger partial charge >= 0.3 is 0 Å². The summed E-state index contributed by atoms with van der Waals surface area (Å²) in [6.45, 7) is 1.41. The van der Waals surface area contributed by atoms with E-state index in [9.17, 15) is 5.11 Å². The molecule has 0 aliphatic carbocycles. The summed E-state index contributed by atoms with van der Waals surface area (Å²) in [7, 11) is 1.85. The van der Waals surface area contributed by atoms with E-state index in [4.69, 9.17) is 4.74 Å². The zero-order valence-corrected chi connectivity index (χ0v) is 7.68. The lowest BCUT2D eigenvalue weighted by molar-refractivity contribution is 0.0880. The van der Waals surface area contributed by atoms with Crippen LogP contribution in [-0.4, -0.2) is 28.1 Å². The van der Waals surface area contributed by atoms with Gasteiger partial charge in [0.05, 0.1) is 12.3 Å². The van der Waals surface area contributed by atoms with Gasteiger partial charge in [-0.05, 0) is 12.5 Å². The van der Waals surface area contributed by atoms with Gasteiger partial charge in [0.2, 0.25) is 0 Å². The highest BCUT2D eigenvalue weighted by Crippen LogP contribution is 2.27. The Balaban J connectivity index is 2.07. The molecule has 0 radical (unpaired) electrons. The molecule has 0 aromatic carbocycles. The number of aliphatic hydroxyl groups is 1. The van der Waals surface area contributed by atoms with Gasteiger partial charge in [-0.1, -0.05) is 0 Å². The van der Waals surface area contributed by atoms with Crippen molar-refractivity contribution in [2.24, 2.45) is 13.0 Å². The van der Waals surface area contributed by atoms with Crippen molar-refractivity contribution in [2.75, 3.05) is 13.2 Å². The highest BCUT2D eigenvalue weighted by molar-refractivity contribution is 5.04. The van der Waals surface area contributed by atoms with E-state index in [0.29, 0.717) is 6.61 Å². The van der Waals surface area contributed by atoms with Gasteiger partial charge in [-0.25, -0.2) is 0 Å². The fraction of sp³-hybridized carbons (Fsp3) is 0.667. The molecule has 0 amide bonds. The molecule has 1 N–H and O–H groups in total. The smallest absolute Gasteiger partial charge is 0.103 e. The molecule has 1 aromatic rings. The molecule has 0 spiro atoms. The van der Waals surface area contributed by atoms with Crippen LogP contribution < -0.4 is 0 Å². The highest BCUT2D eigenvalue weighted by Gasteiger charge is 2.26. The largest absolute Gasteiger partial charge is 0.386 e. The highest BCUT2D eigenvalue weighted by atomic mass is 16.5. The van der Waals surface area contributed by atoms with Crippen molar-refractivity contribution in [1.29, 1.82) is 0 Å². The molecule has 72 valence electrons. The van der Waals surface area contributed by atoms with Crippen molar-refractivity contribution in [3.63, 3.8) is 0 Å². The van der Waals surface area contributed by atoms with Crippen molar-refractivity contribution < 1.29 is 9.84 Å². The van der Waals surface area contributed by atoms with Gasteiger partial charge in [0, 0.05) is 25.8 Å². The minimum Gasteiger partial charge on any atom is -0.386 e. The average Bonchev–Trinajstić information content (AvgIpc) is 2.72. The molecule has 2 unspecified atom stereocenters. The first kappa shape index (κ1) is 8.72. The van der Waals surface area contributed by atoms with Gasteiger partial charge in [0.15, 0.2) is 0 Å². The molecule has 2 heterocycles. The minimum atomic E-state index is -0.469. The Kier molecular flexibility index (Phi) is 2.33. The van der Waals surface area contributed by atoms with Crippen molar-refractivity contribution in [1.82, 2.24) is 9.78 Å². The average molecular weight is 182 g/mol. The van der Waals surface area contributed by atoms with Crippen molar-refractivity contribution in [2.45, 2.75) is 12.5 Å². The number of rotatable bonds is 2. The Morgan fingerprint density at radius 3 is 3.15 bits per heavy atom. The van der Waals surface area contributed by atoms with E-state index < -0.39 is 6.10 Å². The molecule has 1 aromatic heterocycles. The van der Waals surface area contributed by atoms with Crippen LogP contribution in [0.15, 0.2) is 12.3 Å². The molecule has 4 nitrogen and oxygen atoms in total. The Bertz CT molecular complexity index is 279. The fourth-order valence-corrected chi connectivity index (χ4v) is 1.63. The quantitative estimate of drug-likeness (QED) is 0.724. The molecule has 4 heteroatoms. The second kappa shape index (κ2) is 3.47. The molecule has 1 aliphatic rings. The maximum atomic E-state index is 9.88. The van der Waals surface area contributed by atoms with Crippen LogP contribution in [0, 0.1) is 5.92 Å². The molecule has 0 bridgehead atoms. The van der Waals surface area contributed by atoms with Crippen molar-refractivity contribution >= 4 is 0 Å². The lowest BCUT2D eigenvalue weighted by Crippen LogP contribution is -2.13. The zero-order chi connectivity index (χ0) is 9.26. The normalized spacial score (nSPS) is 24.9. The Labute approximate surface area is 77.1 Å². The van der Waals surface area contributed by atoms with Gasteiger partial charge in [-0.3, -0.25) is 4.68 Å². The van der Waals surface area contributed by atoms with Crippen LogP contribution in [0.5, 0.6) is 0 Å². The Hall–Kier alpha value is -0.870. The summed E-state index contributed by atoms with van der Waals surface area (Å²) in [5.74, 6) is 0.217. The number of hydrogen-bond acceptors (Lipinski definition) is 3. The van der Waals surface area contributed by atoms with Gasteiger partial charge in [0.25, 0.3) is 0 Å². The standard InChI is InChI=1S/C9H14N2O2/c1-11-4-2-8(10-11)9(12)7-3-5-13-6-7/h2,4,7,9,12H,3,5-6H2,1H3. The topological polar surface area (TPSA) is 47.3 Å². The van der Waals surface area contributed by atoms with Crippen LogP contribution in [0.4, 0.5) is 0 Å². The van der Waals surface area contributed by atoms with Gasteiger partial charge in [0.1, 0.15) is 6.10 Å². The van der Waals surface area contributed by atoms with Crippen LogP contribution in [0.3, 0.4) is 0 Å². The third-order valence-corrected chi connectivity index (χ3v) is 2.45. The molecule has 2 atom stereocenters. The molecule has 2 rings (SSSR count). The molecular weight excluding hydrogens is 168 g/mol. The Morgan fingerprint density at radius 1 is 1.77 bits per heavy atom. The second-order valence-corrected chi connectivity index (χ2v) is 3.48. The summed E-state index contributed by atoms with van der Waals surface area (Å²) in [5, 5.41) is 14.0. The monoisotopic (exact) mass is 182 g/mol. The second-order valence-electron chi connectivity index (χ2n) is 3.48. The predicted octanol–water partition coefficient (Wildman–Crippen LogP) is 0.490. The van der Waals surface area contributed by atoms with E-state index in [2.05, 4.69) is 5.10 Å². The zero-order valence-electron chi connectivity index (χ0n) is 7.68. The molecular formula is C9H14N2O2. The molecule has 1 fully saturated rings. The van der Waals surface area contributed by atoms with E-state index in [0.717, 1.165) is 18.7 Å². The van der Waals surface area contributed by atoms with E-state index in [1.165, 1.54) is 0 Å². The maximum Gasteiger partial charge on any atom is 0.103 e. The van der Waals surface area contributed by atoms with Gasteiger partial charge in [-0.15, -0.1) is 0 Å². The van der Waals surface area contributed by atoms with E-state index in [-0.39, 0.29) is 5.92 Å². The first-order chi connectivity index (χ1) is 6.27. The number of ether oxygens (including phenoxy) is 1. The van der Waals surface area contributed by atoms with Crippen LogP contribution in [0.25, 0.3) is 0 Å². The Morgan fingerprint density at radius 2 is 2.62 bits per heavy atom. The summed E-state index contributed by atoms with van der Waals surface area (Å²) < 4.78 is 6.91. The van der Waals surface area contributed by atoms with Crippen molar-refractivity contribution in [3.8, 4) is 0 Å². The number of nitrogens with zero attached hydrogens (tertiary/aromatic N) is 2. The van der Waals surface area contributed by atoms with E-state index in [1.54, 1.807) is 4.68 Å². The lowest BCUT2D eigenvalue weighted by atomic mass is 9.99. The van der Waals surface area contributed by atoms with Crippen LogP contribution in [0.1, 0.15) is 18.2 Å². The third-order valence-electron chi connectivity index (χ3n) is 2.45. The third kappa shape index (κ3) is 1.73. The van der Waals surface area contributed by atoms with E-state index in [1.807, 2.05) is 19.3 Å². The van der Waals surface area contributed by atoms with Crippen LogP contribution >= 0.6 is 0 Å². The van der Waals surface area contributed by atoms with Gasteiger partial charge < -0.3 is 9.84 Å². The number of aryl methyl sites for hydroxylation is 1. The molecule has 1 saturated heterocycles. The number of hydrogen-bond donors (Lipinski definition) is 1. The first-order valence-electron chi connectivity index (χ1n) is 4.53. The van der Waals surface area contributed by atoms with Crippen LogP contribution in [0.2, 0.25) is 0 Å². The first-order valence-corrected chi connectivity index (χ1v) is 4.53. The minimum absolute atomic E-state index is 0.217. The summed E-state index contributed by atoms with van der Waals surface area (Å²) in [4.78, 5) is 0. The SMILES string of the molecule is Cn1ccc(C(O)C2CCOC2)n1.